The summed E-state index contributed by atoms with van der Waals surface area (Å²) in [5, 5.41) is 9.54. The van der Waals surface area contributed by atoms with E-state index in [4.69, 9.17) is 16.7 Å². The zero-order valence-corrected chi connectivity index (χ0v) is 14.2. The van der Waals surface area contributed by atoms with E-state index in [0.29, 0.717) is 21.7 Å². The number of halogens is 4. The summed E-state index contributed by atoms with van der Waals surface area (Å²) in [6, 6.07) is 8.21. The van der Waals surface area contributed by atoms with Crippen LogP contribution in [0.25, 0.3) is 10.9 Å². The van der Waals surface area contributed by atoms with Crippen molar-refractivity contribution >= 4 is 28.5 Å². The van der Waals surface area contributed by atoms with Gasteiger partial charge in [0.1, 0.15) is 11.3 Å². The molecule has 0 amide bonds. The van der Waals surface area contributed by atoms with Gasteiger partial charge in [-0.1, -0.05) is 23.7 Å². The molecule has 0 aliphatic rings. The number of alkyl halides is 3. The minimum Gasteiger partial charge on any atom is -0.477 e. The summed E-state index contributed by atoms with van der Waals surface area (Å²) < 4.78 is 40.4. The van der Waals surface area contributed by atoms with Crippen molar-refractivity contribution in [2.45, 2.75) is 12.8 Å². The van der Waals surface area contributed by atoms with E-state index >= 15 is 0 Å². The van der Waals surface area contributed by atoms with Gasteiger partial charge in [0.15, 0.2) is 0 Å². The molecule has 0 fully saturated rings. The molecule has 9 heteroatoms. The number of rotatable bonds is 4. The average molecular weight is 398 g/mol. The van der Waals surface area contributed by atoms with Crippen LogP contribution in [-0.4, -0.2) is 22.4 Å². The van der Waals surface area contributed by atoms with Gasteiger partial charge in [-0.05, 0) is 41.8 Å². The second-order valence-electron chi connectivity index (χ2n) is 5.69. The molecule has 3 aromatic rings. The minimum absolute atomic E-state index is 0.159. The largest absolute Gasteiger partial charge is 0.573 e. The molecule has 3 rings (SSSR count). The topological polar surface area (TPSA) is 79.4 Å². The summed E-state index contributed by atoms with van der Waals surface area (Å²) in [6.07, 6.45) is -3.44. The lowest BCUT2D eigenvalue weighted by molar-refractivity contribution is -0.274. The maximum absolute atomic E-state index is 12.3. The Morgan fingerprint density at radius 1 is 1.19 bits per heavy atom. The Labute approximate surface area is 155 Å². The van der Waals surface area contributed by atoms with Crippen LogP contribution in [0.15, 0.2) is 47.4 Å². The van der Waals surface area contributed by atoms with E-state index in [1.54, 1.807) is 0 Å². The number of aromatic nitrogens is 1. The van der Waals surface area contributed by atoms with Crippen molar-refractivity contribution in [1.82, 2.24) is 4.98 Å². The number of ether oxygens (including phenoxy) is 1. The Bertz CT molecular complexity index is 1070. The first kappa shape index (κ1) is 18.8. The molecule has 1 heterocycles. The maximum Gasteiger partial charge on any atom is 0.573 e. The van der Waals surface area contributed by atoms with Gasteiger partial charge in [0, 0.05) is 16.6 Å². The fraction of sp³-hybridized carbons (Fsp3) is 0.111. The van der Waals surface area contributed by atoms with Crippen LogP contribution < -0.4 is 10.2 Å². The van der Waals surface area contributed by atoms with E-state index in [1.165, 1.54) is 36.4 Å². The molecule has 0 spiro atoms. The SMILES string of the molecule is O=C(O)c1c[nH]c2cc(Cl)c(Cc3ccc(OC(F)(F)F)cc3)cc2c1=O. The van der Waals surface area contributed by atoms with E-state index < -0.39 is 23.3 Å². The Balaban J connectivity index is 1.94. The van der Waals surface area contributed by atoms with E-state index in [0.717, 1.165) is 6.20 Å². The molecule has 0 saturated heterocycles. The fourth-order valence-electron chi connectivity index (χ4n) is 2.61. The van der Waals surface area contributed by atoms with Gasteiger partial charge >= 0.3 is 12.3 Å². The molecule has 0 saturated carbocycles. The lowest BCUT2D eigenvalue weighted by atomic mass is 10.0. The summed E-state index contributed by atoms with van der Waals surface area (Å²) in [7, 11) is 0. The molecule has 2 N–H and O–H groups in total. The molecule has 0 aliphatic carbocycles. The number of nitrogens with one attached hydrogen (secondary N) is 1. The minimum atomic E-state index is -4.77. The highest BCUT2D eigenvalue weighted by molar-refractivity contribution is 6.32. The number of H-pyrrole nitrogens is 1. The summed E-state index contributed by atoms with van der Waals surface area (Å²) in [5.41, 5.74) is 0.499. The van der Waals surface area contributed by atoms with Gasteiger partial charge in [-0.25, -0.2) is 4.79 Å². The van der Waals surface area contributed by atoms with Crippen molar-refractivity contribution in [3.8, 4) is 5.75 Å². The highest BCUT2D eigenvalue weighted by atomic mass is 35.5. The smallest absolute Gasteiger partial charge is 0.477 e. The van der Waals surface area contributed by atoms with Gasteiger partial charge < -0.3 is 14.8 Å². The molecule has 5 nitrogen and oxygen atoms in total. The lowest BCUT2D eigenvalue weighted by Gasteiger charge is -2.10. The van der Waals surface area contributed by atoms with Gasteiger partial charge in [0.05, 0.1) is 5.52 Å². The second kappa shape index (κ2) is 6.96. The number of hydrogen-bond acceptors (Lipinski definition) is 3. The molecule has 0 atom stereocenters. The molecule has 27 heavy (non-hydrogen) atoms. The van der Waals surface area contributed by atoms with Crippen molar-refractivity contribution in [2.75, 3.05) is 0 Å². The van der Waals surface area contributed by atoms with Crippen LogP contribution in [0.1, 0.15) is 21.5 Å². The first-order chi connectivity index (χ1) is 12.6. The van der Waals surface area contributed by atoms with Gasteiger partial charge in [0.25, 0.3) is 0 Å². The number of carboxylic acid groups (broad SMARTS) is 1. The lowest BCUT2D eigenvalue weighted by Crippen LogP contribution is -2.17. The van der Waals surface area contributed by atoms with Crippen molar-refractivity contribution in [1.29, 1.82) is 0 Å². The third-order valence-corrected chi connectivity index (χ3v) is 4.18. The first-order valence-corrected chi connectivity index (χ1v) is 7.93. The van der Waals surface area contributed by atoms with Gasteiger partial charge in [-0.15, -0.1) is 13.2 Å². The maximum atomic E-state index is 12.3. The monoisotopic (exact) mass is 397 g/mol. The first-order valence-electron chi connectivity index (χ1n) is 7.56. The van der Waals surface area contributed by atoms with Crippen LogP contribution in [0.5, 0.6) is 5.75 Å². The molecule has 2 aromatic carbocycles. The predicted molar refractivity (Wildman–Crippen MR) is 92.5 cm³/mol. The summed E-state index contributed by atoms with van der Waals surface area (Å²) in [6.45, 7) is 0. The Morgan fingerprint density at radius 2 is 1.85 bits per heavy atom. The van der Waals surface area contributed by atoms with Crippen LogP contribution in [0.3, 0.4) is 0 Å². The number of aromatic carboxylic acids is 1. The van der Waals surface area contributed by atoms with Crippen LogP contribution in [0.4, 0.5) is 13.2 Å². The standard InChI is InChI=1S/C18H11ClF3NO4/c19-14-7-15-12(16(24)13(8-23-15)17(25)26)6-10(14)5-9-1-3-11(4-2-9)27-18(20,21)22/h1-4,6-8H,5H2,(H,23,24)(H,25,26). The fourth-order valence-corrected chi connectivity index (χ4v) is 2.84. The number of benzene rings is 2. The van der Waals surface area contributed by atoms with Crippen LogP contribution >= 0.6 is 11.6 Å². The summed E-state index contributed by atoms with van der Waals surface area (Å²) in [4.78, 5) is 26.1. The van der Waals surface area contributed by atoms with Gasteiger partial charge in [-0.3, -0.25) is 4.79 Å². The Morgan fingerprint density at radius 3 is 2.44 bits per heavy atom. The van der Waals surface area contributed by atoms with Crippen LogP contribution in [0, 0.1) is 0 Å². The Kier molecular flexibility index (Phi) is 4.84. The molecule has 0 radical (unpaired) electrons. The zero-order valence-electron chi connectivity index (χ0n) is 13.4. The number of carbonyl (C=O) groups is 1. The summed E-state index contributed by atoms with van der Waals surface area (Å²) in [5.74, 6) is -1.70. The number of hydrogen-bond donors (Lipinski definition) is 2. The zero-order chi connectivity index (χ0) is 19.8. The number of aromatic amines is 1. The normalized spacial score (nSPS) is 11.6. The van der Waals surface area contributed by atoms with E-state index in [-0.39, 0.29) is 17.6 Å². The van der Waals surface area contributed by atoms with E-state index in [2.05, 4.69) is 9.72 Å². The quantitative estimate of drug-likeness (QED) is 0.685. The third kappa shape index (κ3) is 4.22. The average Bonchev–Trinajstić information content (AvgIpc) is 2.56. The van der Waals surface area contributed by atoms with Crippen molar-refractivity contribution in [2.24, 2.45) is 0 Å². The molecule has 1 aromatic heterocycles. The summed E-state index contributed by atoms with van der Waals surface area (Å²) >= 11 is 6.21. The van der Waals surface area contributed by atoms with Gasteiger partial charge in [0.2, 0.25) is 5.43 Å². The molecule has 0 aliphatic heterocycles. The molecule has 0 unspecified atom stereocenters. The molecule has 0 bridgehead atoms. The number of pyridine rings is 1. The van der Waals surface area contributed by atoms with Crippen LogP contribution in [0.2, 0.25) is 5.02 Å². The van der Waals surface area contributed by atoms with Gasteiger partial charge in [-0.2, -0.15) is 0 Å². The molecular formula is C18H11ClF3NO4. The molecular weight excluding hydrogens is 387 g/mol. The Hall–Kier alpha value is -3.00. The van der Waals surface area contributed by atoms with Crippen molar-refractivity contribution in [3.63, 3.8) is 0 Å². The number of carboxylic acids is 1. The predicted octanol–water partition coefficient (Wildman–Crippen LogP) is 4.37. The highest BCUT2D eigenvalue weighted by Crippen LogP contribution is 2.26. The van der Waals surface area contributed by atoms with Crippen LogP contribution in [-0.2, 0) is 6.42 Å². The van der Waals surface area contributed by atoms with Crippen molar-refractivity contribution < 1.29 is 27.8 Å². The number of fused-ring (bicyclic) bond motifs is 1. The van der Waals surface area contributed by atoms with Crippen molar-refractivity contribution in [3.05, 3.63) is 74.5 Å². The molecule has 140 valence electrons. The second-order valence-corrected chi connectivity index (χ2v) is 6.10. The third-order valence-electron chi connectivity index (χ3n) is 3.83. The van der Waals surface area contributed by atoms with E-state index in [9.17, 15) is 22.8 Å². The highest BCUT2D eigenvalue weighted by Gasteiger charge is 2.30. The van der Waals surface area contributed by atoms with E-state index in [1.807, 2.05) is 0 Å².